The third-order valence-corrected chi connectivity index (χ3v) is 2.23. The van der Waals surface area contributed by atoms with E-state index in [2.05, 4.69) is 0 Å². The number of nitrogens with two attached hydrogens (primary N) is 1. The van der Waals surface area contributed by atoms with Gasteiger partial charge in [0.25, 0.3) is 0 Å². The molecule has 0 saturated heterocycles. The molecule has 1 aliphatic heterocycles. The van der Waals surface area contributed by atoms with Crippen molar-refractivity contribution in [3.8, 4) is 0 Å². The zero-order valence-electron chi connectivity index (χ0n) is 6.82. The van der Waals surface area contributed by atoms with Crippen LogP contribution in [0.15, 0.2) is 24.3 Å². The van der Waals surface area contributed by atoms with Crippen LogP contribution in [0.4, 0.5) is 5.69 Å². The van der Waals surface area contributed by atoms with Gasteiger partial charge in [-0.3, -0.25) is 4.79 Å². The third kappa shape index (κ3) is 0.769. The summed E-state index contributed by atoms with van der Waals surface area (Å²) in [6, 6.07) is 7.12. The summed E-state index contributed by atoms with van der Waals surface area (Å²) in [5.74, 6) is -0.0313. The lowest BCUT2D eigenvalue weighted by Crippen LogP contribution is -2.27. The highest BCUT2D eigenvalue weighted by molar-refractivity contribution is 6.03. The molecule has 12 heavy (non-hydrogen) atoms. The Kier molecular flexibility index (Phi) is 1.41. The Hall–Kier alpha value is -1.35. The number of amides is 1. The monoisotopic (exact) mass is 162 g/mol. The van der Waals surface area contributed by atoms with Gasteiger partial charge >= 0.3 is 0 Å². The lowest BCUT2D eigenvalue weighted by molar-refractivity contribution is -0.118. The number of nitrogens with zero attached hydrogens (tertiary/aromatic N) is 1. The number of hydrogen-bond acceptors (Lipinski definition) is 2. The van der Waals surface area contributed by atoms with Crippen molar-refractivity contribution in [2.75, 3.05) is 11.9 Å². The molecule has 0 aliphatic carbocycles. The maximum absolute atomic E-state index is 11.4. The number of rotatable bonds is 0. The average Bonchev–Trinajstić information content (AvgIpc) is 2.33. The van der Waals surface area contributed by atoms with Gasteiger partial charge in [-0.25, -0.2) is 0 Å². The van der Waals surface area contributed by atoms with E-state index < -0.39 is 6.04 Å². The Morgan fingerprint density at radius 2 is 2.08 bits per heavy atom. The number of para-hydroxylation sites is 1. The maximum Gasteiger partial charge on any atom is 0.248 e. The summed E-state index contributed by atoms with van der Waals surface area (Å²) in [6.45, 7) is 0. The van der Waals surface area contributed by atoms with Gasteiger partial charge in [-0.05, 0) is 6.07 Å². The molecule has 0 saturated carbocycles. The Balaban J connectivity index is 2.59. The molecule has 0 spiro atoms. The molecule has 0 aromatic heterocycles. The Bertz CT molecular complexity index is 304. The van der Waals surface area contributed by atoms with Gasteiger partial charge in [0.15, 0.2) is 0 Å². The van der Waals surface area contributed by atoms with E-state index in [4.69, 9.17) is 5.73 Å². The fraction of sp³-hybridized carbons (Fsp3) is 0.222. The Morgan fingerprint density at radius 1 is 1.42 bits per heavy atom. The summed E-state index contributed by atoms with van der Waals surface area (Å²) in [7, 11) is 1.74. The lowest BCUT2D eigenvalue weighted by atomic mass is 10.1. The van der Waals surface area contributed by atoms with Gasteiger partial charge in [0.1, 0.15) is 6.04 Å². The van der Waals surface area contributed by atoms with Crippen LogP contribution in [-0.2, 0) is 4.79 Å². The zero-order valence-corrected chi connectivity index (χ0v) is 6.82. The first kappa shape index (κ1) is 7.31. The second kappa shape index (κ2) is 2.32. The van der Waals surface area contributed by atoms with Crippen molar-refractivity contribution in [3.63, 3.8) is 0 Å². The van der Waals surface area contributed by atoms with Crippen molar-refractivity contribution < 1.29 is 4.79 Å². The fourth-order valence-corrected chi connectivity index (χ4v) is 1.52. The number of carbonyl (C=O) groups is 1. The molecule has 2 rings (SSSR count). The van der Waals surface area contributed by atoms with Crippen molar-refractivity contribution in [1.82, 2.24) is 0 Å². The van der Waals surface area contributed by atoms with Crippen LogP contribution >= 0.6 is 0 Å². The Labute approximate surface area is 70.8 Å². The minimum absolute atomic E-state index is 0.0313. The number of benzene rings is 1. The second-order valence-corrected chi connectivity index (χ2v) is 2.93. The Morgan fingerprint density at radius 3 is 2.75 bits per heavy atom. The quantitative estimate of drug-likeness (QED) is 0.609. The van der Waals surface area contributed by atoms with Gasteiger partial charge < -0.3 is 10.6 Å². The van der Waals surface area contributed by atoms with E-state index >= 15 is 0 Å². The maximum atomic E-state index is 11.4. The number of fused-ring (bicyclic) bond motifs is 1. The van der Waals surface area contributed by atoms with Crippen LogP contribution in [0.3, 0.4) is 0 Å². The average molecular weight is 162 g/mol. The van der Waals surface area contributed by atoms with Crippen molar-refractivity contribution in [3.05, 3.63) is 29.8 Å². The highest BCUT2D eigenvalue weighted by atomic mass is 16.2. The normalized spacial score (nSPS) is 21.3. The van der Waals surface area contributed by atoms with E-state index in [1.807, 2.05) is 24.3 Å². The SMILES string of the molecule is CN1C(=O)[C@H](N)c2ccccc21. The summed E-state index contributed by atoms with van der Waals surface area (Å²) >= 11 is 0. The van der Waals surface area contributed by atoms with Crippen molar-refractivity contribution >= 4 is 11.6 Å². The highest BCUT2D eigenvalue weighted by Gasteiger charge is 2.31. The van der Waals surface area contributed by atoms with E-state index in [0.717, 1.165) is 11.3 Å². The summed E-state index contributed by atoms with van der Waals surface area (Å²) in [6.07, 6.45) is 0. The van der Waals surface area contributed by atoms with Gasteiger partial charge in [0.05, 0.1) is 0 Å². The standard InChI is InChI=1S/C9H10N2O/c1-11-7-5-3-2-4-6(7)8(10)9(11)12/h2-5,8H,10H2,1H3/t8-/m1/s1. The zero-order chi connectivity index (χ0) is 8.72. The summed E-state index contributed by atoms with van der Waals surface area (Å²) < 4.78 is 0. The van der Waals surface area contributed by atoms with E-state index in [-0.39, 0.29) is 5.91 Å². The van der Waals surface area contributed by atoms with Crippen molar-refractivity contribution in [2.45, 2.75) is 6.04 Å². The largest absolute Gasteiger partial charge is 0.316 e. The van der Waals surface area contributed by atoms with E-state index in [0.29, 0.717) is 0 Å². The van der Waals surface area contributed by atoms with Crippen LogP contribution in [0, 0.1) is 0 Å². The minimum atomic E-state index is -0.466. The molecular formula is C9H10N2O. The van der Waals surface area contributed by atoms with Gasteiger partial charge in [-0.1, -0.05) is 18.2 Å². The smallest absolute Gasteiger partial charge is 0.248 e. The summed E-state index contributed by atoms with van der Waals surface area (Å²) in [5.41, 5.74) is 7.54. The first-order valence-corrected chi connectivity index (χ1v) is 3.84. The molecule has 0 bridgehead atoms. The molecule has 1 atom stereocenters. The molecule has 1 amide bonds. The second-order valence-electron chi connectivity index (χ2n) is 2.93. The lowest BCUT2D eigenvalue weighted by Gasteiger charge is -2.08. The molecule has 62 valence electrons. The summed E-state index contributed by atoms with van der Waals surface area (Å²) in [4.78, 5) is 13.0. The first-order valence-electron chi connectivity index (χ1n) is 3.84. The molecule has 1 aromatic carbocycles. The van der Waals surface area contributed by atoms with Crippen LogP contribution in [-0.4, -0.2) is 13.0 Å². The van der Waals surface area contributed by atoms with Gasteiger partial charge in [-0.2, -0.15) is 0 Å². The van der Waals surface area contributed by atoms with Crippen LogP contribution in [0.2, 0.25) is 0 Å². The van der Waals surface area contributed by atoms with Crippen molar-refractivity contribution in [1.29, 1.82) is 0 Å². The molecule has 2 N–H and O–H groups in total. The van der Waals surface area contributed by atoms with Crippen LogP contribution in [0.1, 0.15) is 11.6 Å². The predicted molar refractivity (Wildman–Crippen MR) is 46.8 cm³/mol. The van der Waals surface area contributed by atoms with Gasteiger partial charge in [0.2, 0.25) is 5.91 Å². The predicted octanol–water partition coefficient (Wildman–Crippen LogP) is 0.663. The van der Waals surface area contributed by atoms with Crippen LogP contribution < -0.4 is 10.6 Å². The molecule has 1 heterocycles. The van der Waals surface area contributed by atoms with Crippen LogP contribution in [0.5, 0.6) is 0 Å². The molecule has 3 nitrogen and oxygen atoms in total. The van der Waals surface area contributed by atoms with E-state index in [1.165, 1.54) is 0 Å². The minimum Gasteiger partial charge on any atom is -0.316 e. The number of likely N-dealkylation sites (N-methyl/N-ethyl adjacent to an activating group) is 1. The van der Waals surface area contributed by atoms with Crippen molar-refractivity contribution in [2.24, 2.45) is 5.73 Å². The summed E-state index contributed by atoms with van der Waals surface area (Å²) in [5, 5.41) is 0. The first-order chi connectivity index (χ1) is 5.72. The number of anilines is 1. The molecular weight excluding hydrogens is 152 g/mol. The number of carbonyl (C=O) groups excluding carboxylic acids is 1. The molecule has 0 radical (unpaired) electrons. The van der Waals surface area contributed by atoms with Gasteiger partial charge in [-0.15, -0.1) is 0 Å². The third-order valence-electron chi connectivity index (χ3n) is 2.23. The molecule has 0 unspecified atom stereocenters. The highest BCUT2D eigenvalue weighted by Crippen LogP contribution is 2.32. The molecule has 3 heteroatoms. The topological polar surface area (TPSA) is 46.3 Å². The fourth-order valence-electron chi connectivity index (χ4n) is 1.52. The molecule has 1 aromatic rings. The van der Waals surface area contributed by atoms with Gasteiger partial charge in [0, 0.05) is 18.3 Å². The number of hydrogen-bond donors (Lipinski definition) is 1. The van der Waals surface area contributed by atoms with E-state index in [9.17, 15) is 4.79 Å². The van der Waals surface area contributed by atoms with Crippen LogP contribution in [0.25, 0.3) is 0 Å². The molecule has 0 fully saturated rings. The van der Waals surface area contributed by atoms with E-state index in [1.54, 1.807) is 11.9 Å². The molecule has 1 aliphatic rings.